The summed E-state index contributed by atoms with van der Waals surface area (Å²) in [5.74, 6) is 2.31. The van der Waals surface area contributed by atoms with Gasteiger partial charge in [-0.05, 0) is 0 Å². The van der Waals surface area contributed by atoms with Crippen LogP contribution in [0, 0.1) is 11.8 Å². The van der Waals surface area contributed by atoms with Gasteiger partial charge in [0.05, 0.1) is 0 Å². The van der Waals surface area contributed by atoms with E-state index in [2.05, 4.69) is 21.7 Å². The molecule has 2 heteroatoms. The van der Waals surface area contributed by atoms with Gasteiger partial charge in [-0.15, -0.1) is 0 Å². The summed E-state index contributed by atoms with van der Waals surface area (Å²) in [6.07, 6.45) is 6.25. The Kier molecular flexibility index (Phi) is 2.87. The van der Waals surface area contributed by atoms with E-state index in [0.29, 0.717) is 0 Å². The normalized spacial score (nSPS) is 47.1. The molecule has 0 aromatic carbocycles. The van der Waals surface area contributed by atoms with Crippen LogP contribution in [0.15, 0.2) is 0 Å². The van der Waals surface area contributed by atoms with E-state index in [1.54, 1.807) is 25.7 Å². The first-order valence-electron chi connectivity index (χ1n) is 3.69. The number of hydrogen-bond donors (Lipinski definition) is 0. The minimum atomic E-state index is 0. The second kappa shape index (κ2) is 3.10. The Morgan fingerprint density at radius 1 is 1.11 bits per heavy atom. The van der Waals surface area contributed by atoms with E-state index in [-0.39, 0.29) is 17.0 Å². The summed E-state index contributed by atoms with van der Waals surface area (Å²) in [7, 11) is 0. The Labute approximate surface area is 80.0 Å². The third-order valence-electron chi connectivity index (χ3n) is 2.88. The molecule has 9 heavy (non-hydrogen) atoms. The predicted molar refractivity (Wildman–Crippen MR) is 35.0 cm³/mol. The van der Waals surface area contributed by atoms with Crippen LogP contribution in [0.2, 0.25) is 4.05 Å². The standard InChI is InChI=1S/C7H11.BrH.Mg/c1-2-7-4-3-6(1)5-7;;/h1,6-7H,2-5H2;1H;/q;;+1/p-1. The fourth-order valence-electron chi connectivity index (χ4n) is 2.38. The van der Waals surface area contributed by atoms with Crippen LogP contribution in [-0.4, -0.2) is 21.7 Å². The molecule has 2 bridgehead atoms. The molecule has 2 aliphatic carbocycles. The van der Waals surface area contributed by atoms with Crippen molar-refractivity contribution >= 4 is 21.7 Å². The van der Waals surface area contributed by atoms with Crippen molar-refractivity contribution in [2.45, 2.75) is 29.7 Å². The first-order chi connectivity index (χ1) is 3.86. The Hall–Kier alpha value is 1.25. The third kappa shape index (κ3) is 1.46. The molecule has 2 fully saturated rings. The van der Waals surface area contributed by atoms with Crippen LogP contribution >= 0.6 is 0 Å². The number of halogens is 1. The Morgan fingerprint density at radius 2 is 1.89 bits per heavy atom. The molecule has 0 N–H and O–H groups in total. The van der Waals surface area contributed by atoms with Gasteiger partial charge >= 0.3 is 63.3 Å². The quantitative estimate of drug-likeness (QED) is 0.429. The minimum absolute atomic E-state index is 0. The number of hydrogen-bond acceptors (Lipinski definition) is 0. The summed E-state index contributed by atoms with van der Waals surface area (Å²) >= 11 is 2.23. The molecule has 0 aromatic heterocycles. The van der Waals surface area contributed by atoms with Crippen molar-refractivity contribution in [2.24, 2.45) is 11.8 Å². The summed E-state index contributed by atoms with van der Waals surface area (Å²) in [4.78, 5) is 0. The molecule has 0 radical (unpaired) electrons. The van der Waals surface area contributed by atoms with Gasteiger partial charge in [-0.2, -0.15) is 0 Å². The Balaban J connectivity index is 0.000000405. The molecule has 0 saturated heterocycles. The SMILES string of the molecule is [Br-].[Mg+][CH]1CC2CCC1C2. The molecule has 0 aliphatic heterocycles. The van der Waals surface area contributed by atoms with E-state index in [9.17, 15) is 0 Å². The van der Waals surface area contributed by atoms with E-state index in [4.69, 9.17) is 0 Å². The zero-order chi connectivity index (χ0) is 5.56. The molecule has 2 saturated carbocycles. The topological polar surface area (TPSA) is 0 Å². The van der Waals surface area contributed by atoms with Crippen LogP contribution < -0.4 is 17.0 Å². The summed E-state index contributed by atoms with van der Waals surface area (Å²) in [6, 6.07) is 0. The zero-order valence-electron chi connectivity index (χ0n) is 5.65. The summed E-state index contributed by atoms with van der Waals surface area (Å²) in [5.41, 5.74) is 0. The summed E-state index contributed by atoms with van der Waals surface area (Å²) < 4.78 is 1.11. The van der Waals surface area contributed by atoms with Crippen molar-refractivity contribution in [3.05, 3.63) is 0 Å². The molecule has 3 atom stereocenters. The Bertz CT molecular complexity index is 103. The van der Waals surface area contributed by atoms with E-state index < -0.39 is 0 Å². The summed E-state index contributed by atoms with van der Waals surface area (Å²) in [5, 5.41) is 0. The molecular weight excluding hydrogens is 188 g/mol. The summed E-state index contributed by atoms with van der Waals surface area (Å²) in [6.45, 7) is 0. The first-order valence-corrected chi connectivity index (χ1v) is 4.51. The molecule has 2 rings (SSSR count). The van der Waals surface area contributed by atoms with Gasteiger partial charge in [-0.1, -0.05) is 0 Å². The van der Waals surface area contributed by atoms with E-state index >= 15 is 0 Å². The van der Waals surface area contributed by atoms with Crippen LogP contribution in [-0.2, 0) is 0 Å². The zero-order valence-corrected chi connectivity index (χ0v) is 8.65. The predicted octanol–water partition coefficient (Wildman–Crippen LogP) is -1.23. The van der Waals surface area contributed by atoms with Gasteiger partial charge in [0.15, 0.2) is 0 Å². The molecular formula is C7H11BrMg. The third-order valence-corrected chi connectivity index (χ3v) is 3.88. The second-order valence-corrected chi connectivity index (χ2v) is 4.48. The fourth-order valence-corrected chi connectivity index (χ4v) is 3.28. The van der Waals surface area contributed by atoms with Gasteiger partial charge < -0.3 is 17.0 Å². The van der Waals surface area contributed by atoms with Crippen molar-refractivity contribution < 1.29 is 17.0 Å². The van der Waals surface area contributed by atoms with Crippen molar-refractivity contribution in [3.8, 4) is 0 Å². The van der Waals surface area contributed by atoms with Crippen LogP contribution in [0.1, 0.15) is 25.7 Å². The van der Waals surface area contributed by atoms with Crippen molar-refractivity contribution in [3.63, 3.8) is 0 Å². The van der Waals surface area contributed by atoms with E-state index in [1.807, 2.05) is 0 Å². The fraction of sp³-hybridized carbons (Fsp3) is 1.00. The van der Waals surface area contributed by atoms with E-state index in [0.717, 1.165) is 15.9 Å². The van der Waals surface area contributed by atoms with Gasteiger partial charge in [0.2, 0.25) is 0 Å². The van der Waals surface area contributed by atoms with Crippen molar-refractivity contribution in [1.82, 2.24) is 0 Å². The van der Waals surface area contributed by atoms with Gasteiger partial charge in [0.25, 0.3) is 0 Å². The first kappa shape index (κ1) is 8.34. The maximum absolute atomic E-state index is 2.23. The van der Waals surface area contributed by atoms with Gasteiger partial charge in [0.1, 0.15) is 0 Å². The van der Waals surface area contributed by atoms with Crippen LogP contribution in [0.25, 0.3) is 0 Å². The molecule has 48 valence electrons. The average molecular weight is 199 g/mol. The molecule has 0 heterocycles. The molecule has 0 spiro atoms. The molecule has 3 unspecified atom stereocenters. The van der Waals surface area contributed by atoms with Crippen LogP contribution in [0.5, 0.6) is 0 Å². The monoisotopic (exact) mass is 198 g/mol. The van der Waals surface area contributed by atoms with E-state index in [1.165, 1.54) is 0 Å². The van der Waals surface area contributed by atoms with Crippen molar-refractivity contribution in [1.29, 1.82) is 0 Å². The van der Waals surface area contributed by atoms with Gasteiger partial charge in [-0.25, -0.2) is 0 Å². The Morgan fingerprint density at radius 3 is 2.11 bits per heavy atom. The average Bonchev–Trinajstić information content (AvgIpc) is 2.23. The van der Waals surface area contributed by atoms with Crippen LogP contribution in [0.3, 0.4) is 0 Å². The molecule has 0 amide bonds. The molecule has 0 nitrogen and oxygen atoms in total. The molecule has 0 aromatic rings. The van der Waals surface area contributed by atoms with Gasteiger partial charge in [0, 0.05) is 0 Å². The maximum atomic E-state index is 2.23. The number of fused-ring (bicyclic) bond motifs is 2. The van der Waals surface area contributed by atoms with Gasteiger partial charge in [-0.3, -0.25) is 0 Å². The molecule has 2 aliphatic rings. The second-order valence-electron chi connectivity index (χ2n) is 3.43. The van der Waals surface area contributed by atoms with Crippen molar-refractivity contribution in [2.75, 3.05) is 0 Å². The number of rotatable bonds is 0. The van der Waals surface area contributed by atoms with Crippen LogP contribution in [0.4, 0.5) is 0 Å².